The maximum atomic E-state index is 11.7. The molecule has 1 aromatic carbocycles. The van der Waals surface area contributed by atoms with Crippen LogP contribution in [0.25, 0.3) is 0 Å². The van der Waals surface area contributed by atoms with Crippen LogP contribution in [0.2, 0.25) is 0 Å². The van der Waals surface area contributed by atoms with Gasteiger partial charge >= 0.3 is 0 Å². The molecule has 2 heterocycles. The van der Waals surface area contributed by atoms with Crippen LogP contribution in [0.15, 0.2) is 60.0 Å². The van der Waals surface area contributed by atoms with Gasteiger partial charge in [0.25, 0.3) is 0 Å². The summed E-state index contributed by atoms with van der Waals surface area (Å²) in [4.78, 5) is 15.8. The highest BCUT2D eigenvalue weighted by atomic mass is 16.5. The Hall–Kier alpha value is -2.69. The lowest BCUT2D eigenvalue weighted by Gasteiger charge is -2.18. The van der Waals surface area contributed by atoms with Crippen molar-refractivity contribution in [3.63, 3.8) is 0 Å². The van der Waals surface area contributed by atoms with Crippen LogP contribution >= 0.6 is 0 Å². The molecule has 0 fully saturated rings. The summed E-state index contributed by atoms with van der Waals surface area (Å²) in [5.74, 6) is 0.263. The molecule has 1 atom stereocenters. The molecule has 0 aliphatic carbocycles. The SMILES string of the molecule is CC(=O)N1N=C(c2ccccc2)O[C@@H]1c1cccnc1. The minimum absolute atomic E-state index is 0.176. The number of pyridine rings is 1. The van der Waals surface area contributed by atoms with Crippen LogP contribution in [0.1, 0.15) is 24.3 Å². The number of hydrogen-bond acceptors (Lipinski definition) is 4. The zero-order valence-electron chi connectivity index (χ0n) is 10.9. The Bertz CT molecular complexity index is 641. The zero-order chi connectivity index (χ0) is 13.9. The van der Waals surface area contributed by atoms with Crippen LogP contribution in [0.5, 0.6) is 0 Å². The summed E-state index contributed by atoms with van der Waals surface area (Å²) in [7, 11) is 0. The van der Waals surface area contributed by atoms with E-state index in [0.717, 1.165) is 11.1 Å². The second kappa shape index (κ2) is 5.13. The largest absolute Gasteiger partial charge is 0.446 e. The molecule has 0 unspecified atom stereocenters. The van der Waals surface area contributed by atoms with Crippen LogP contribution in [0.4, 0.5) is 0 Å². The fourth-order valence-electron chi connectivity index (χ4n) is 2.00. The maximum Gasteiger partial charge on any atom is 0.243 e. The van der Waals surface area contributed by atoms with Gasteiger partial charge in [0.05, 0.1) is 0 Å². The van der Waals surface area contributed by atoms with E-state index in [1.54, 1.807) is 18.5 Å². The van der Waals surface area contributed by atoms with Gasteiger partial charge in [0.15, 0.2) is 0 Å². The van der Waals surface area contributed by atoms with Crippen molar-refractivity contribution in [2.45, 2.75) is 13.2 Å². The highest BCUT2D eigenvalue weighted by Gasteiger charge is 2.32. The van der Waals surface area contributed by atoms with Crippen molar-refractivity contribution in [3.05, 3.63) is 66.0 Å². The molecule has 1 aliphatic rings. The zero-order valence-corrected chi connectivity index (χ0v) is 10.9. The third-order valence-corrected chi connectivity index (χ3v) is 2.96. The third-order valence-electron chi connectivity index (χ3n) is 2.96. The van der Waals surface area contributed by atoms with E-state index >= 15 is 0 Å². The summed E-state index contributed by atoms with van der Waals surface area (Å²) in [6.07, 6.45) is 2.79. The van der Waals surface area contributed by atoms with Crippen molar-refractivity contribution in [1.29, 1.82) is 0 Å². The minimum atomic E-state index is -0.559. The van der Waals surface area contributed by atoms with E-state index in [1.807, 2.05) is 36.4 Å². The first-order chi connectivity index (χ1) is 9.75. The molecule has 0 saturated carbocycles. The average Bonchev–Trinajstić information content (AvgIpc) is 2.94. The predicted octanol–water partition coefficient (Wildman–Crippen LogP) is 2.32. The van der Waals surface area contributed by atoms with Gasteiger partial charge in [-0.3, -0.25) is 9.78 Å². The van der Waals surface area contributed by atoms with E-state index in [1.165, 1.54) is 11.9 Å². The molecule has 1 aliphatic heterocycles. The van der Waals surface area contributed by atoms with Crippen LogP contribution < -0.4 is 0 Å². The fraction of sp³-hybridized carbons (Fsp3) is 0.133. The predicted molar refractivity (Wildman–Crippen MR) is 73.6 cm³/mol. The van der Waals surface area contributed by atoms with Gasteiger partial charge in [-0.2, -0.15) is 5.01 Å². The van der Waals surface area contributed by atoms with E-state index in [4.69, 9.17) is 4.74 Å². The molecule has 5 nitrogen and oxygen atoms in total. The Morgan fingerprint density at radius 3 is 2.65 bits per heavy atom. The lowest BCUT2D eigenvalue weighted by molar-refractivity contribution is -0.135. The molecule has 5 heteroatoms. The molecular formula is C15H13N3O2. The fourth-order valence-corrected chi connectivity index (χ4v) is 2.00. The molecule has 0 saturated heterocycles. The van der Waals surface area contributed by atoms with E-state index in [2.05, 4.69) is 10.1 Å². The van der Waals surface area contributed by atoms with Gasteiger partial charge in [0.1, 0.15) is 0 Å². The highest BCUT2D eigenvalue weighted by Crippen LogP contribution is 2.29. The molecule has 0 bridgehead atoms. The summed E-state index contributed by atoms with van der Waals surface area (Å²) in [5.41, 5.74) is 1.63. The summed E-state index contributed by atoms with van der Waals surface area (Å²) >= 11 is 0. The lowest BCUT2D eigenvalue weighted by Crippen LogP contribution is -2.25. The van der Waals surface area contributed by atoms with E-state index < -0.39 is 6.23 Å². The summed E-state index contributed by atoms with van der Waals surface area (Å²) in [6, 6.07) is 13.2. The normalized spacial score (nSPS) is 17.6. The molecule has 20 heavy (non-hydrogen) atoms. The lowest BCUT2D eigenvalue weighted by atomic mass is 10.2. The Labute approximate surface area is 116 Å². The number of carbonyl (C=O) groups excluding carboxylic acids is 1. The van der Waals surface area contributed by atoms with Crippen LogP contribution in [0.3, 0.4) is 0 Å². The number of hydrazone groups is 1. The van der Waals surface area contributed by atoms with Crippen molar-refractivity contribution >= 4 is 11.8 Å². The maximum absolute atomic E-state index is 11.7. The number of amides is 1. The molecule has 1 aromatic heterocycles. The molecule has 3 rings (SSSR count). The first kappa shape index (κ1) is 12.3. The van der Waals surface area contributed by atoms with Crippen molar-refractivity contribution in [3.8, 4) is 0 Å². The molecule has 0 N–H and O–H groups in total. The standard InChI is InChI=1S/C15H13N3O2/c1-11(19)18-15(13-8-5-9-16-10-13)20-14(17-18)12-6-3-2-4-7-12/h2-10,15H,1H3/t15-/m1/s1. The van der Waals surface area contributed by atoms with Crippen molar-refractivity contribution < 1.29 is 9.53 Å². The van der Waals surface area contributed by atoms with Crippen molar-refractivity contribution in [2.75, 3.05) is 0 Å². The first-order valence-electron chi connectivity index (χ1n) is 6.26. The summed E-state index contributed by atoms with van der Waals surface area (Å²) in [5, 5.41) is 5.60. The summed E-state index contributed by atoms with van der Waals surface area (Å²) in [6.45, 7) is 1.46. The van der Waals surface area contributed by atoms with Crippen molar-refractivity contribution in [2.24, 2.45) is 5.10 Å². The number of rotatable bonds is 2. The monoisotopic (exact) mass is 267 g/mol. The van der Waals surface area contributed by atoms with E-state index in [9.17, 15) is 4.79 Å². The van der Waals surface area contributed by atoms with Crippen LogP contribution in [-0.4, -0.2) is 21.8 Å². The number of benzene rings is 1. The molecule has 0 radical (unpaired) electrons. The molecular weight excluding hydrogens is 254 g/mol. The van der Waals surface area contributed by atoms with E-state index in [0.29, 0.717) is 5.90 Å². The Kier molecular flexibility index (Phi) is 3.16. The number of nitrogens with zero attached hydrogens (tertiary/aromatic N) is 3. The van der Waals surface area contributed by atoms with Crippen molar-refractivity contribution in [1.82, 2.24) is 9.99 Å². The van der Waals surface area contributed by atoms with E-state index in [-0.39, 0.29) is 5.91 Å². The van der Waals surface area contributed by atoms with Gasteiger partial charge in [-0.15, -0.1) is 5.10 Å². The van der Waals surface area contributed by atoms with Crippen LogP contribution in [-0.2, 0) is 9.53 Å². The Morgan fingerprint density at radius 2 is 2.00 bits per heavy atom. The second-order valence-corrected chi connectivity index (χ2v) is 4.39. The van der Waals surface area contributed by atoms with Crippen LogP contribution in [0, 0.1) is 0 Å². The molecule has 2 aromatic rings. The van der Waals surface area contributed by atoms with Gasteiger partial charge in [-0.1, -0.05) is 24.3 Å². The number of hydrogen-bond donors (Lipinski definition) is 0. The summed E-state index contributed by atoms with van der Waals surface area (Å²) < 4.78 is 5.82. The quantitative estimate of drug-likeness (QED) is 0.839. The van der Waals surface area contributed by atoms with Gasteiger partial charge in [0.2, 0.25) is 18.0 Å². The average molecular weight is 267 g/mol. The third kappa shape index (κ3) is 2.25. The molecule has 1 amide bonds. The highest BCUT2D eigenvalue weighted by molar-refractivity contribution is 5.96. The van der Waals surface area contributed by atoms with Gasteiger partial charge < -0.3 is 4.74 Å². The molecule has 0 spiro atoms. The number of aromatic nitrogens is 1. The van der Waals surface area contributed by atoms with Gasteiger partial charge in [0, 0.05) is 30.4 Å². The number of carbonyl (C=O) groups is 1. The smallest absolute Gasteiger partial charge is 0.243 e. The topological polar surface area (TPSA) is 54.8 Å². The first-order valence-corrected chi connectivity index (χ1v) is 6.26. The Balaban J connectivity index is 1.94. The molecule has 100 valence electrons. The second-order valence-electron chi connectivity index (χ2n) is 4.39. The number of ether oxygens (including phenoxy) is 1. The van der Waals surface area contributed by atoms with Gasteiger partial charge in [-0.05, 0) is 18.2 Å². The minimum Gasteiger partial charge on any atom is -0.446 e. The van der Waals surface area contributed by atoms with Gasteiger partial charge in [-0.25, -0.2) is 0 Å². The Morgan fingerprint density at radius 1 is 1.20 bits per heavy atom.